The second kappa shape index (κ2) is 5.55. The van der Waals surface area contributed by atoms with Gasteiger partial charge in [-0.15, -0.1) is 0 Å². The van der Waals surface area contributed by atoms with Crippen LogP contribution in [0.2, 0.25) is 0 Å². The van der Waals surface area contributed by atoms with Crippen molar-refractivity contribution in [1.29, 1.82) is 0 Å². The van der Waals surface area contributed by atoms with Crippen molar-refractivity contribution in [3.05, 3.63) is 11.6 Å². The second-order valence-electron chi connectivity index (χ2n) is 4.80. The Morgan fingerprint density at radius 1 is 1.36 bits per heavy atom. The van der Waals surface area contributed by atoms with Crippen LogP contribution in [0.1, 0.15) is 40.0 Å². The van der Waals surface area contributed by atoms with Crippen LogP contribution in [0.25, 0.3) is 0 Å². The Morgan fingerprint density at radius 3 is 2.57 bits per heavy atom. The van der Waals surface area contributed by atoms with Crippen molar-refractivity contribution in [2.24, 2.45) is 17.8 Å². The fraction of sp³-hybridized carbons (Fsp3) is 0.846. The van der Waals surface area contributed by atoms with Crippen LogP contribution in [0, 0.1) is 17.8 Å². The van der Waals surface area contributed by atoms with E-state index in [-0.39, 0.29) is 0 Å². The Morgan fingerprint density at radius 2 is 2.07 bits per heavy atom. The average Bonchev–Trinajstić information content (AvgIpc) is 2.15. The summed E-state index contributed by atoms with van der Waals surface area (Å²) in [6.07, 6.45) is 6.37. The molecule has 1 nitrogen and oxygen atoms in total. The first-order valence-corrected chi connectivity index (χ1v) is 5.83. The van der Waals surface area contributed by atoms with E-state index in [1.54, 1.807) is 7.11 Å². The van der Waals surface area contributed by atoms with Crippen molar-refractivity contribution >= 4 is 0 Å². The number of methoxy groups -OCH3 is 1. The molecule has 0 heterocycles. The molecule has 0 bridgehead atoms. The molecule has 3 atom stereocenters. The lowest BCUT2D eigenvalue weighted by atomic mass is 9.72. The first-order chi connectivity index (χ1) is 6.69. The molecule has 0 amide bonds. The highest BCUT2D eigenvalue weighted by Gasteiger charge is 2.27. The highest BCUT2D eigenvalue weighted by atomic mass is 16.5. The maximum Gasteiger partial charge on any atom is 0.0675 e. The van der Waals surface area contributed by atoms with E-state index in [1.165, 1.54) is 24.8 Å². The maximum absolute atomic E-state index is 5.25. The molecule has 82 valence electrons. The molecule has 1 aliphatic rings. The third-order valence-corrected chi connectivity index (χ3v) is 3.59. The van der Waals surface area contributed by atoms with Gasteiger partial charge in [-0.25, -0.2) is 0 Å². The van der Waals surface area contributed by atoms with Gasteiger partial charge in [0.25, 0.3) is 0 Å². The van der Waals surface area contributed by atoms with Crippen molar-refractivity contribution in [2.75, 3.05) is 13.7 Å². The van der Waals surface area contributed by atoms with Crippen LogP contribution in [0.15, 0.2) is 11.6 Å². The van der Waals surface area contributed by atoms with Crippen LogP contribution in [0.5, 0.6) is 0 Å². The van der Waals surface area contributed by atoms with Gasteiger partial charge in [-0.05, 0) is 43.1 Å². The lowest BCUT2D eigenvalue weighted by Gasteiger charge is -2.34. The normalized spacial score (nSPS) is 34.6. The molecule has 1 rings (SSSR count). The number of hydrogen-bond acceptors (Lipinski definition) is 1. The topological polar surface area (TPSA) is 9.23 Å². The minimum Gasteiger partial charge on any atom is -0.380 e. The molecule has 1 fully saturated rings. The fourth-order valence-corrected chi connectivity index (χ4v) is 2.79. The Balaban J connectivity index is 2.58. The Kier molecular flexibility index (Phi) is 4.67. The van der Waals surface area contributed by atoms with Gasteiger partial charge in [-0.2, -0.15) is 0 Å². The predicted octanol–water partition coefficient (Wildman–Crippen LogP) is 3.65. The van der Waals surface area contributed by atoms with Crippen LogP contribution < -0.4 is 0 Å². The van der Waals surface area contributed by atoms with E-state index >= 15 is 0 Å². The molecule has 0 N–H and O–H groups in total. The predicted molar refractivity (Wildman–Crippen MR) is 61.3 cm³/mol. The standard InChI is InChI=1S/C13H24O/c1-5-12(9-14-4)13-7-6-10(2)8-11(13)3/h5,10-11,13H,6-9H2,1-4H3/b12-5-/t10-,11?,13+/m1/s1. The van der Waals surface area contributed by atoms with Crippen LogP contribution >= 0.6 is 0 Å². The highest BCUT2D eigenvalue weighted by molar-refractivity contribution is 5.08. The molecule has 0 aromatic rings. The Labute approximate surface area is 88.5 Å². The van der Waals surface area contributed by atoms with E-state index in [4.69, 9.17) is 4.74 Å². The van der Waals surface area contributed by atoms with Crippen molar-refractivity contribution in [1.82, 2.24) is 0 Å². The molecule has 1 unspecified atom stereocenters. The number of allylic oxidation sites excluding steroid dienone is 1. The minimum atomic E-state index is 0.774. The number of ether oxygens (including phenoxy) is 1. The smallest absolute Gasteiger partial charge is 0.0675 e. The van der Waals surface area contributed by atoms with Gasteiger partial charge in [0.2, 0.25) is 0 Å². The molecule has 1 saturated carbocycles. The van der Waals surface area contributed by atoms with Gasteiger partial charge in [0, 0.05) is 7.11 Å². The summed E-state index contributed by atoms with van der Waals surface area (Å²) in [5.41, 5.74) is 1.51. The summed E-state index contributed by atoms with van der Waals surface area (Å²) in [7, 11) is 1.79. The molecule has 0 saturated heterocycles. The quantitative estimate of drug-likeness (QED) is 0.626. The van der Waals surface area contributed by atoms with Crippen LogP contribution in [0.4, 0.5) is 0 Å². The van der Waals surface area contributed by atoms with E-state index in [9.17, 15) is 0 Å². The van der Waals surface area contributed by atoms with Gasteiger partial charge in [0.1, 0.15) is 0 Å². The lowest BCUT2D eigenvalue weighted by molar-refractivity contribution is 0.179. The highest BCUT2D eigenvalue weighted by Crippen LogP contribution is 2.37. The van der Waals surface area contributed by atoms with Gasteiger partial charge in [0.05, 0.1) is 6.61 Å². The van der Waals surface area contributed by atoms with Crippen molar-refractivity contribution < 1.29 is 4.74 Å². The third-order valence-electron chi connectivity index (χ3n) is 3.59. The number of hydrogen-bond donors (Lipinski definition) is 0. The van der Waals surface area contributed by atoms with Crippen molar-refractivity contribution in [2.45, 2.75) is 40.0 Å². The Hall–Kier alpha value is -0.300. The van der Waals surface area contributed by atoms with Gasteiger partial charge in [-0.3, -0.25) is 0 Å². The van der Waals surface area contributed by atoms with Gasteiger partial charge in [0.15, 0.2) is 0 Å². The summed E-state index contributed by atoms with van der Waals surface area (Å²) < 4.78 is 5.25. The number of rotatable bonds is 3. The summed E-state index contributed by atoms with van der Waals surface area (Å²) in [4.78, 5) is 0. The zero-order chi connectivity index (χ0) is 10.6. The molecule has 0 radical (unpaired) electrons. The zero-order valence-electron chi connectivity index (χ0n) is 10.0. The molecule has 0 aromatic carbocycles. The van der Waals surface area contributed by atoms with E-state index in [0.29, 0.717) is 0 Å². The second-order valence-corrected chi connectivity index (χ2v) is 4.80. The van der Waals surface area contributed by atoms with Gasteiger partial charge in [-0.1, -0.05) is 26.3 Å². The fourth-order valence-electron chi connectivity index (χ4n) is 2.79. The molecule has 1 heteroatoms. The van der Waals surface area contributed by atoms with Gasteiger partial charge < -0.3 is 4.74 Å². The third kappa shape index (κ3) is 2.84. The summed E-state index contributed by atoms with van der Waals surface area (Å²) in [6, 6.07) is 0. The van der Waals surface area contributed by atoms with Crippen LogP contribution in [0.3, 0.4) is 0 Å². The van der Waals surface area contributed by atoms with E-state index < -0.39 is 0 Å². The summed E-state index contributed by atoms with van der Waals surface area (Å²) in [6.45, 7) is 7.72. The molecular weight excluding hydrogens is 172 g/mol. The summed E-state index contributed by atoms with van der Waals surface area (Å²) in [5, 5.41) is 0. The molecule has 0 aromatic heterocycles. The summed E-state index contributed by atoms with van der Waals surface area (Å²) >= 11 is 0. The van der Waals surface area contributed by atoms with E-state index in [1.807, 2.05) is 0 Å². The zero-order valence-corrected chi connectivity index (χ0v) is 10.0. The molecule has 0 aliphatic heterocycles. The maximum atomic E-state index is 5.25. The summed E-state index contributed by atoms with van der Waals surface area (Å²) in [5.74, 6) is 2.53. The monoisotopic (exact) mass is 196 g/mol. The van der Waals surface area contributed by atoms with Crippen LogP contribution in [-0.4, -0.2) is 13.7 Å². The SMILES string of the molecule is C/C=C(/COC)[C@H]1CC[C@@H](C)CC1C. The van der Waals surface area contributed by atoms with Crippen molar-refractivity contribution in [3.8, 4) is 0 Å². The molecule has 1 aliphatic carbocycles. The molecular formula is C13H24O. The first kappa shape index (κ1) is 11.8. The lowest BCUT2D eigenvalue weighted by Crippen LogP contribution is -2.24. The van der Waals surface area contributed by atoms with E-state index in [2.05, 4.69) is 26.8 Å². The molecule has 14 heavy (non-hydrogen) atoms. The van der Waals surface area contributed by atoms with E-state index in [0.717, 1.165) is 24.4 Å². The van der Waals surface area contributed by atoms with Gasteiger partial charge >= 0.3 is 0 Å². The van der Waals surface area contributed by atoms with Crippen molar-refractivity contribution in [3.63, 3.8) is 0 Å². The first-order valence-electron chi connectivity index (χ1n) is 5.83. The van der Waals surface area contributed by atoms with Crippen LogP contribution in [-0.2, 0) is 4.74 Å². The molecule has 0 spiro atoms. The Bertz CT molecular complexity index is 195. The largest absolute Gasteiger partial charge is 0.380 e. The average molecular weight is 196 g/mol. The minimum absolute atomic E-state index is 0.774.